The van der Waals surface area contributed by atoms with E-state index in [1.54, 1.807) is 0 Å². The lowest BCUT2D eigenvalue weighted by Gasteiger charge is -2.33. The number of fused-ring (bicyclic) bond motifs is 1. The first-order valence-corrected chi connectivity index (χ1v) is 13.7. The largest absolute Gasteiger partial charge is 0.389 e. The minimum absolute atomic E-state index is 0.438. The van der Waals surface area contributed by atoms with Gasteiger partial charge in [0, 0.05) is 23.1 Å². The predicted molar refractivity (Wildman–Crippen MR) is 163 cm³/mol. The Hall–Kier alpha value is -3.43. The Morgan fingerprint density at radius 1 is 0.947 bits per heavy atom. The molecule has 0 radical (unpaired) electrons. The number of aryl methyl sites for hydroxylation is 2. The van der Waals surface area contributed by atoms with Crippen molar-refractivity contribution in [3.63, 3.8) is 0 Å². The van der Waals surface area contributed by atoms with Gasteiger partial charge in [0.25, 0.3) is 0 Å². The van der Waals surface area contributed by atoms with Crippen molar-refractivity contribution >= 4 is 16.9 Å². The number of rotatable bonds is 7. The number of nitrogens with zero attached hydrogens (tertiary/aromatic N) is 2. The fourth-order valence-electron chi connectivity index (χ4n) is 5.75. The molecule has 1 aromatic heterocycles. The number of aliphatic hydroxyl groups excluding tert-OH is 1. The van der Waals surface area contributed by atoms with Gasteiger partial charge in [-0.25, -0.2) is 0 Å². The second kappa shape index (κ2) is 11.1. The summed E-state index contributed by atoms with van der Waals surface area (Å²) in [6.45, 7) is 19.4. The number of anilines is 2. The molecule has 0 fully saturated rings. The highest BCUT2D eigenvalue weighted by atomic mass is 16.3. The number of aromatic nitrogens is 1. The molecule has 0 saturated carbocycles. The van der Waals surface area contributed by atoms with Crippen LogP contribution in [0.5, 0.6) is 0 Å². The topological polar surface area (TPSA) is 36.4 Å². The molecule has 3 heteroatoms. The lowest BCUT2D eigenvalue weighted by Crippen LogP contribution is -2.21. The van der Waals surface area contributed by atoms with Gasteiger partial charge in [-0.1, -0.05) is 55.8 Å². The van der Waals surface area contributed by atoms with Crippen LogP contribution < -0.4 is 4.90 Å². The molecule has 1 aliphatic carbocycles. The zero-order chi connectivity index (χ0) is 27.7. The van der Waals surface area contributed by atoms with Crippen molar-refractivity contribution in [3.05, 3.63) is 105 Å². The normalized spacial score (nSPS) is 13.9. The Labute approximate surface area is 229 Å². The molecule has 0 saturated heterocycles. The van der Waals surface area contributed by atoms with Crippen LogP contribution in [0.3, 0.4) is 0 Å². The quantitative estimate of drug-likeness (QED) is 0.324. The minimum Gasteiger partial charge on any atom is -0.389 e. The first-order valence-electron chi connectivity index (χ1n) is 13.7. The molecule has 4 rings (SSSR count). The third kappa shape index (κ3) is 5.39. The third-order valence-electron chi connectivity index (χ3n) is 7.37. The summed E-state index contributed by atoms with van der Waals surface area (Å²) in [6.07, 6.45) is 6.84. The van der Waals surface area contributed by atoms with Crippen molar-refractivity contribution in [2.75, 3.05) is 4.90 Å². The highest BCUT2D eigenvalue weighted by molar-refractivity contribution is 5.82. The van der Waals surface area contributed by atoms with Crippen LogP contribution in [-0.4, -0.2) is 10.1 Å². The fourth-order valence-corrected chi connectivity index (χ4v) is 5.75. The molecule has 2 aromatic carbocycles. The van der Waals surface area contributed by atoms with Gasteiger partial charge in [-0.05, 0) is 118 Å². The van der Waals surface area contributed by atoms with Gasteiger partial charge in [0.1, 0.15) is 0 Å². The van der Waals surface area contributed by atoms with E-state index in [-0.39, 0.29) is 0 Å². The molecule has 0 aliphatic heterocycles. The standard InChI is InChI=1S/C35H42N2O/c1-21(2)17-26(8)34(22(3)4)37(35-24(6)11-10-12-25(35)7)29-15-16-36-33(19-29)32-20-30-23(5)13-14-28(30)18-31(32)27(9)38/h10-13,15-21,27,38H,14H2,1-9H3/b26-17-. The predicted octanol–water partition coefficient (Wildman–Crippen LogP) is 9.41. The monoisotopic (exact) mass is 506 g/mol. The van der Waals surface area contributed by atoms with E-state index in [9.17, 15) is 5.11 Å². The van der Waals surface area contributed by atoms with Gasteiger partial charge in [0.05, 0.1) is 17.5 Å². The molecular formula is C35H42N2O. The van der Waals surface area contributed by atoms with Crippen molar-refractivity contribution in [2.45, 2.75) is 74.8 Å². The van der Waals surface area contributed by atoms with E-state index in [1.807, 2.05) is 13.1 Å². The molecule has 3 nitrogen and oxygen atoms in total. The first kappa shape index (κ1) is 27.6. The fraction of sp³-hybridized carbons (Fsp3) is 0.343. The Kier molecular flexibility index (Phi) is 8.08. The van der Waals surface area contributed by atoms with Gasteiger partial charge in [-0.2, -0.15) is 0 Å². The summed E-state index contributed by atoms with van der Waals surface area (Å²) < 4.78 is 0. The van der Waals surface area contributed by atoms with E-state index < -0.39 is 6.10 Å². The molecule has 1 N–H and O–H groups in total. The van der Waals surface area contributed by atoms with Crippen molar-refractivity contribution in [3.8, 4) is 11.3 Å². The average molecular weight is 507 g/mol. The summed E-state index contributed by atoms with van der Waals surface area (Å²) in [5.41, 5.74) is 15.0. The van der Waals surface area contributed by atoms with Crippen LogP contribution >= 0.6 is 0 Å². The zero-order valence-corrected chi connectivity index (χ0v) is 24.5. The molecular weight excluding hydrogens is 464 g/mol. The van der Waals surface area contributed by atoms with Crippen molar-refractivity contribution in [2.24, 2.45) is 5.92 Å². The number of hydrogen-bond donors (Lipinski definition) is 1. The summed E-state index contributed by atoms with van der Waals surface area (Å²) in [6, 6.07) is 15.2. The number of allylic oxidation sites excluding steroid dienone is 5. The van der Waals surface area contributed by atoms with Crippen molar-refractivity contribution in [1.82, 2.24) is 4.98 Å². The van der Waals surface area contributed by atoms with Crippen LogP contribution in [-0.2, 0) is 6.42 Å². The van der Waals surface area contributed by atoms with Crippen LogP contribution in [0.15, 0.2) is 77.7 Å². The Morgan fingerprint density at radius 2 is 1.63 bits per heavy atom. The average Bonchev–Trinajstić information content (AvgIpc) is 3.21. The molecule has 1 heterocycles. The summed E-state index contributed by atoms with van der Waals surface area (Å²) in [5.74, 6) is 0.438. The smallest absolute Gasteiger partial charge is 0.0768 e. The third-order valence-corrected chi connectivity index (χ3v) is 7.37. The lowest BCUT2D eigenvalue weighted by atomic mass is 9.93. The van der Waals surface area contributed by atoms with Crippen LogP contribution in [0.25, 0.3) is 16.8 Å². The number of aliphatic hydroxyl groups is 1. The van der Waals surface area contributed by atoms with E-state index >= 15 is 0 Å². The van der Waals surface area contributed by atoms with Gasteiger partial charge in [-0.15, -0.1) is 0 Å². The molecule has 0 bridgehead atoms. The number of benzene rings is 2. The molecule has 0 amide bonds. The Morgan fingerprint density at radius 3 is 2.24 bits per heavy atom. The number of para-hydroxylation sites is 1. The number of pyridine rings is 1. The second-order valence-electron chi connectivity index (χ2n) is 11.3. The Balaban J connectivity index is 1.99. The van der Waals surface area contributed by atoms with Gasteiger partial charge >= 0.3 is 0 Å². The maximum Gasteiger partial charge on any atom is 0.0768 e. The Bertz CT molecular complexity index is 1430. The van der Waals surface area contributed by atoms with E-state index in [0.29, 0.717) is 5.92 Å². The van der Waals surface area contributed by atoms with E-state index in [1.165, 1.54) is 50.4 Å². The van der Waals surface area contributed by atoms with Crippen LogP contribution in [0.2, 0.25) is 0 Å². The van der Waals surface area contributed by atoms with Gasteiger partial charge in [0.2, 0.25) is 0 Å². The lowest BCUT2D eigenvalue weighted by molar-refractivity contribution is 0.200. The highest BCUT2D eigenvalue weighted by Gasteiger charge is 2.24. The second-order valence-corrected chi connectivity index (χ2v) is 11.3. The summed E-state index contributed by atoms with van der Waals surface area (Å²) in [4.78, 5) is 7.24. The van der Waals surface area contributed by atoms with E-state index in [4.69, 9.17) is 4.98 Å². The van der Waals surface area contributed by atoms with Crippen LogP contribution in [0.4, 0.5) is 11.4 Å². The minimum atomic E-state index is -0.582. The van der Waals surface area contributed by atoms with Crippen LogP contribution in [0.1, 0.15) is 82.4 Å². The maximum absolute atomic E-state index is 10.7. The molecule has 1 aliphatic rings. The highest BCUT2D eigenvalue weighted by Crippen LogP contribution is 2.41. The SMILES string of the molecule is CC1=CCc2cc(C(C)O)c(-c3cc(N(C(=C(C)C)/C(C)=C\C(C)C)c4c(C)cccc4C)ccn3)cc21. The van der Waals surface area contributed by atoms with E-state index in [0.717, 1.165) is 28.9 Å². The van der Waals surface area contributed by atoms with Crippen molar-refractivity contribution < 1.29 is 5.11 Å². The molecule has 1 atom stereocenters. The molecule has 38 heavy (non-hydrogen) atoms. The molecule has 0 spiro atoms. The molecule has 3 aromatic rings. The first-order chi connectivity index (χ1) is 18.0. The van der Waals surface area contributed by atoms with Gasteiger partial charge < -0.3 is 10.0 Å². The van der Waals surface area contributed by atoms with E-state index in [2.05, 4.69) is 115 Å². The van der Waals surface area contributed by atoms with Crippen molar-refractivity contribution in [1.29, 1.82) is 0 Å². The number of hydrogen-bond acceptors (Lipinski definition) is 3. The zero-order valence-electron chi connectivity index (χ0n) is 24.5. The van der Waals surface area contributed by atoms with Gasteiger partial charge in [0.15, 0.2) is 0 Å². The summed E-state index contributed by atoms with van der Waals surface area (Å²) >= 11 is 0. The summed E-state index contributed by atoms with van der Waals surface area (Å²) in [5, 5.41) is 10.7. The molecule has 198 valence electrons. The maximum atomic E-state index is 10.7. The summed E-state index contributed by atoms with van der Waals surface area (Å²) in [7, 11) is 0. The van der Waals surface area contributed by atoms with Gasteiger partial charge in [-0.3, -0.25) is 4.98 Å². The van der Waals surface area contributed by atoms with Crippen LogP contribution in [0, 0.1) is 19.8 Å². The molecule has 1 unspecified atom stereocenters.